The number of methoxy groups -OCH3 is 1. The Morgan fingerprint density at radius 2 is 1.86 bits per heavy atom. The molecular weight excluding hydrogens is 476 g/mol. The Kier molecular flexibility index (Phi) is 8.25. The van der Waals surface area contributed by atoms with E-state index in [0.29, 0.717) is 35.4 Å². The topological polar surface area (TPSA) is 142 Å². The van der Waals surface area contributed by atoms with Crippen molar-refractivity contribution < 1.29 is 19.7 Å². The molecule has 5 rings (SSSR count). The highest BCUT2D eigenvalue weighted by atomic mass is 16.6. The van der Waals surface area contributed by atoms with Gasteiger partial charge in [0.05, 0.1) is 19.5 Å². The summed E-state index contributed by atoms with van der Waals surface area (Å²) in [5.41, 5.74) is 5.90. The van der Waals surface area contributed by atoms with Crippen LogP contribution in [-0.2, 0) is 22.6 Å². The van der Waals surface area contributed by atoms with Crippen LogP contribution in [0.15, 0.2) is 36.7 Å². The number of ether oxygens (including phenoxy) is 2. The van der Waals surface area contributed by atoms with Crippen molar-refractivity contribution in [2.75, 3.05) is 39.2 Å². The number of imidazole rings is 1. The summed E-state index contributed by atoms with van der Waals surface area (Å²) in [5.74, 6) is 1.21. The van der Waals surface area contributed by atoms with Gasteiger partial charge < -0.3 is 30.3 Å². The second-order valence-electron chi connectivity index (χ2n) is 9.53. The van der Waals surface area contributed by atoms with E-state index in [-0.39, 0.29) is 6.61 Å². The zero-order chi connectivity index (χ0) is 25.8. The Balaban J connectivity index is 1.21. The van der Waals surface area contributed by atoms with Crippen LogP contribution in [0.1, 0.15) is 30.5 Å². The summed E-state index contributed by atoms with van der Waals surface area (Å²) in [6, 6.07) is 10.8. The number of hydrogen-bond acceptors (Lipinski definition) is 11. The smallest absolute Gasteiger partial charge is 0.168 e. The first-order valence-electron chi connectivity index (χ1n) is 12.7. The molecule has 4 atom stereocenters. The first-order valence-corrected chi connectivity index (χ1v) is 12.7. The van der Waals surface area contributed by atoms with Gasteiger partial charge in [0, 0.05) is 39.8 Å². The molecule has 0 radical (unpaired) electrons. The average molecular weight is 513 g/mol. The number of aromatic nitrogens is 4. The molecule has 5 N–H and O–H groups in total. The molecule has 0 amide bonds. The number of hydrogen-bond donors (Lipinski definition) is 5. The minimum Gasteiger partial charge on any atom is -0.387 e. The van der Waals surface area contributed by atoms with E-state index in [2.05, 4.69) is 55.3 Å². The van der Waals surface area contributed by atoms with E-state index in [0.717, 1.165) is 32.5 Å². The van der Waals surface area contributed by atoms with Crippen molar-refractivity contribution in [1.29, 1.82) is 0 Å². The van der Waals surface area contributed by atoms with Gasteiger partial charge in [-0.1, -0.05) is 30.3 Å². The number of anilines is 1. The number of aliphatic hydroxyl groups is 2. The third-order valence-electron chi connectivity index (χ3n) is 7.04. The van der Waals surface area contributed by atoms with Crippen molar-refractivity contribution in [2.45, 2.75) is 56.5 Å². The number of piperidine rings is 1. The predicted octanol–water partition coefficient (Wildman–Crippen LogP) is 0.392. The molecule has 0 bridgehead atoms. The molecule has 2 aromatic heterocycles. The second-order valence-corrected chi connectivity index (χ2v) is 9.53. The molecular formula is C25H36N8O4. The molecule has 12 nitrogen and oxygen atoms in total. The third-order valence-corrected chi connectivity index (χ3v) is 7.04. The summed E-state index contributed by atoms with van der Waals surface area (Å²) in [4.78, 5) is 13.8. The molecule has 0 saturated carbocycles. The standard InChI is InChI=1S/C25H36N8O4/c1-26-23-20-24(33(15-28-20)25-22(35)21(34)18(37-25)14-36-2)31-19(30-23)13-27-17-8-10-32(11-9-17)29-12-16-6-4-3-5-7-16/h3-7,15,17-18,21-22,25,27,29,34-35H,8-14H2,1-2H3,(H,26,30,31)/t18-,21-,22-,25-/m1/s1. The lowest BCUT2D eigenvalue weighted by Crippen LogP contribution is -2.47. The van der Waals surface area contributed by atoms with Crippen LogP contribution in [0, 0.1) is 0 Å². The van der Waals surface area contributed by atoms with Gasteiger partial charge in [-0.25, -0.2) is 20.0 Å². The quantitative estimate of drug-likeness (QED) is 0.258. The first-order chi connectivity index (χ1) is 18.1. The van der Waals surface area contributed by atoms with Crippen molar-refractivity contribution in [2.24, 2.45) is 0 Å². The van der Waals surface area contributed by atoms with E-state index in [1.54, 1.807) is 17.9 Å². The minimum absolute atomic E-state index is 0.174. The van der Waals surface area contributed by atoms with Gasteiger partial charge in [-0.3, -0.25) is 9.99 Å². The summed E-state index contributed by atoms with van der Waals surface area (Å²) >= 11 is 0. The number of fused-ring (bicyclic) bond motifs is 1. The van der Waals surface area contributed by atoms with Crippen LogP contribution in [0.5, 0.6) is 0 Å². The lowest BCUT2D eigenvalue weighted by molar-refractivity contribution is -0.0580. The van der Waals surface area contributed by atoms with Gasteiger partial charge in [-0.15, -0.1) is 0 Å². The molecule has 12 heteroatoms. The van der Waals surface area contributed by atoms with Gasteiger partial charge in [-0.2, -0.15) is 0 Å². The van der Waals surface area contributed by atoms with Crippen molar-refractivity contribution in [3.63, 3.8) is 0 Å². The Labute approximate surface area is 216 Å². The molecule has 200 valence electrons. The van der Waals surface area contributed by atoms with Crippen LogP contribution in [0.3, 0.4) is 0 Å². The maximum absolute atomic E-state index is 10.6. The maximum atomic E-state index is 10.6. The number of nitrogens with one attached hydrogen (secondary N) is 3. The van der Waals surface area contributed by atoms with Crippen molar-refractivity contribution in [3.8, 4) is 0 Å². The highest BCUT2D eigenvalue weighted by Gasteiger charge is 2.44. The molecule has 2 aliphatic heterocycles. The zero-order valence-electron chi connectivity index (χ0n) is 21.2. The Morgan fingerprint density at radius 1 is 1.08 bits per heavy atom. The molecule has 0 aliphatic carbocycles. The third kappa shape index (κ3) is 5.75. The van der Waals surface area contributed by atoms with Gasteiger partial charge in [0.1, 0.15) is 24.1 Å². The summed E-state index contributed by atoms with van der Waals surface area (Å²) in [6.07, 6.45) is -0.0695. The van der Waals surface area contributed by atoms with E-state index in [9.17, 15) is 10.2 Å². The summed E-state index contributed by atoms with van der Waals surface area (Å²) < 4.78 is 12.7. The molecule has 0 unspecified atom stereocenters. The van der Waals surface area contributed by atoms with Crippen LogP contribution >= 0.6 is 0 Å². The molecule has 4 heterocycles. The van der Waals surface area contributed by atoms with Crippen molar-refractivity contribution in [1.82, 2.24) is 35.3 Å². The molecule has 1 aromatic carbocycles. The maximum Gasteiger partial charge on any atom is 0.168 e. The lowest BCUT2D eigenvalue weighted by Gasteiger charge is -2.32. The highest BCUT2D eigenvalue weighted by molar-refractivity contribution is 5.83. The molecule has 0 spiro atoms. The normalized spacial score (nSPS) is 25.2. The molecule has 3 aromatic rings. The number of aliphatic hydroxyl groups excluding tert-OH is 2. The van der Waals surface area contributed by atoms with Gasteiger partial charge in [-0.05, 0) is 18.4 Å². The zero-order valence-corrected chi connectivity index (χ0v) is 21.2. The van der Waals surface area contributed by atoms with Gasteiger partial charge in [0.15, 0.2) is 23.2 Å². The lowest BCUT2D eigenvalue weighted by atomic mass is 10.1. The SMILES string of the molecule is CNc1nc(CNC2CCN(NCc3ccccc3)CC2)nc2c1ncn2[C@@H]1O[C@H](COC)[C@@H](O)[C@H]1O. The minimum atomic E-state index is -1.13. The van der Waals surface area contributed by atoms with E-state index in [1.165, 1.54) is 12.7 Å². The van der Waals surface area contributed by atoms with Crippen molar-refractivity contribution in [3.05, 3.63) is 48.0 Å². The Bertz CT molecular complexity index is 1150. The molecule has 37 heavy (non-hydrogen) atoms. The summed E-state index contributed by atoms with van der Waals surface area (Å²) in [5, 5.41) is 30.0. The Morgan fingerprint density at radius 3 is 2.59 bits per heavy atom. The molecule has 2 aliphatic rings. The fourth-order valence-corrected chi connectivity index (χ4v) is 4.94. The van der Waals surface area contributed by atoms with Crippen LogP contribution in [0.4, 0.5) is 5.82 Å². The van der Waals surface area contributed by atoms with Crippen LogP contribution in [0.2, 0.25) is 0 Å². The van der Waals surface area contributed by atoms with E-state index < -0.39 is 24.5 Å². The number of rotatable bonds is 10. The fraction of sp³-hybridized carbons (Fsp3) is 0.560. The largest absolute Gasteiger partial charge is 0.387 e. The van der Waals surface area contributed by atoms with Crippen LogP contribution in [0.25, 0.3) is 11.2 Å². The highest BCUT2D eigenvalue weighted by Crippen LogP contribution is 2.32. The van der Waals surface area contributed by atoms with Crippen LogP contribution in [-0.4, -0.2) is 92.9 Å². The first kappa shape index (κ1) is 25.9. The fourth-order valence-electron chi connectivity index (χ4n) is 4.94. The molecule has 2 saturated heterocycles. The number of benzene rings is 1. The van der Waals surface area contributed by atoms with Gasteiger partial charge in [0.25, 0.3) is 0 Å². The summed E-state index contributed by atoms with van der Waals surface area (Å²) in [6.45, 7) is 3.42. The molecule has 2 fully saturated rings. The monoisotopic (exact) mass is 512 g/mol. The van der Waals surface area contributed by atoms with Gasteiger partial charge in [0.2, 0.25) is 0 Å². The predicted molar refractivity (Wildman–Crippen MR) is 137 cm³/mol. The number of hydrazine groups is 1. The van der Waals surface area contributed by atoms with Crippen LogP contribution < -0.4 is 16.1 Å². The van der Waals surface area contributed by atoms with Gasteiger partial charge >= 0.3 is 0 Å². The van der Waals surface area contributed by atoms with E-state index >= 15 is 0 Å². The average Bonchev–Trinajstić information content (AvgIpc) is 3.48. The van der Waals surface area contributed by atoms with E-state index in [1.807, 2.05) is 6.07 Å². The summed E-state index contributed by atoms with van der Waals surface area (Å²) in [7, 11) is 3.31. The van der Waals surface area contributed by atoms with E-state index in [4.69, 9.17) is 14.5 Å². The number of nitrogens with zero attached hydrogens (tertiary/aromatic N) is 5. The Hall–Kier alpha value is -2.71. The second kappa shape index (κ2) is 11.8. The van der Waals surface area contributed by atoms with Crippen molar-refractivity contribution >= 4 is 17.0 Å².